The van der Waals surface area contributed by atoms with E-state index in [0.29, 0.717) is 5.82 Å². The summed E-state index contributed by atoms with van der Waals surface area (Å²) in [7, 11) is -2.32. The number of halogens is 1. The second-order valence-electron chi connectivity index (χ2n) is 5.18. The Morgan fingerprint density at radius 1 is 1.27 bits per heavy atom. The minimum absolute atomic E-state index is 0.00559. The summed E-state index contributed by atoms with van der Waals surface area (Å²) in [5, 5.41) is 4.04. The molecule has 0 amide bonds. The van der Waals surface area contributed by atoms with E-state index in [1.54, 1.807) is 0 Å². The smallest absolute Gasteiger partial charge is 0.276 e. The fraction of sp³-hybridized carbons (Fsp3) is 0.385. The van der Waals surface area contributed by atoms with E-state index >= 15 is 0 Å². The Morgan fingerprint density at radius 2 is 2.00 bits per heavy atom. The van der Waals surface area contributed by atoms with Gasteiger partial charge in [-0.1, -0.05) is 6.07 Å². The molecule has 1 aromatic carbocycles. The quantitative estimate of drug-likeness (QED) is 0.792. The number of benzene rings is 1. The number of aryl methyl sites for hydroxylation is 1. The molecule has 3 rings (SSSR count). The van der Waals surface area contributed by atoms with E-state index in [1.807, 2.05) is 0 Å². The Hall–Kier alpha value is -2.00. The number of fused-ring (bicyclic) bond motifs is 1. The third-order valence-electron chi connectivity index (χ3n) is 3.81. The predicted octanol–water partition coefficient (Wildman–Crippen LogP) is 0.234. The third kappa shape index (κ3) is 2.17. The fourth-order valence-electron chi connectivity index (χ4n) is 2.56. The van der Waals surface area contributed by atoms with Crippen molar-refractivity contribution in [2.45, 2.75) is 24.9 Å². The van der Waals surface area contributed by atoms with Crippen molar-refractivity contribution in [1.82, 2.24) is 18.7 Å². The van der Waals surface area contributed by atoms with Crippen LogP contribution in [0.2, 0.25) is 0 Å². The largest absolute Gasteiger partial charge is 0.345 e. The maximum Gasteiger partial charge on any atom is 0.345 e. The van der Waals surface area contributed by atoms with Crippen LogP contribution in [0.4, 0.5) is 4.39 Å². The summed E-state index contributed by atoms with van der Waals surface area (Å²) >= 11 is 0. The summed E-state index contributed by atoms with van der Waals surface area (Å²) < 4.78 is 42.9. The van der Waals surface area contributed by atoms with Gasteiger partial charge in [0.1, 0.15) is 11.6 Å². The molecule has 2 aromatic rings. The fourth-order valence-corrected chi connectivity index (χ4v) is 4.18. The molecule has 0 N–H and O–H groups in total. The molecule has 1 aromatic heterocycles. The van der Waals surface area contributed by atoms with Gasteiger partial charge in [0, 0.05) is 25.7 Å². The zero-order chi connectivity index (χ0) is 16.1. The molecule has 22 heavy (non-hydrogen) atoms. The second kappa shape index (κ2) is 5.03. The van der Waals surface area contributed by atoms with E-state index in [-0.39, 0.29) is 35.8 Å². The molecule has 1 aliphatic heterocycles. The van der Waals surface area contributed by atoms with Crippen molar-refractivity contribution < 1.29 is 12.8 Å². The van der Waals surface area contributed by atoms with Crippen LogP contribution in [0.5, 0.6) is 0 Å². The first-order chi connectivity index (χ1) is 10.3. The van der Waals surface area contributed by atoms with Crippen LogP contribution in [-0.4, -0.2) is 33.6 Å². The maximum absolute atomic E-state index is 13.6. The van der Waals surface area contributed by atoms with Crippen LogP contribution in [-0.2, 0) is 30.2 Å². The van der Waals surface area contributed by atoms with Gasteiger partial charge < -0.3 is 0 Å². The number of sulfonamides is 1. The lowest BCUT2D eigenvalue weighted by molar-refractivity contribution is 0.332. The molecule has 0 aliphatic carbocycles. The van der Waals surface area contributed by atoms with Gasteiger partial charge in [0.05, 0.1) is 11.4 Å². The van der Waals surface area contributed by atoms with Crippen molar-refractivity contribution in [1.29, 1.82) is 0 Å². The lowest BCUT2D eigenvalue weighted by Crippen LogP contribution is -2.41. The van der Waals surface area contributed by atoms with Gasteiger partial charge in [-0.3, -0.25) is 4.57 Å². The first-order valence-electron chi connectivity index (χ1n) is 6.70. The van der Waals surface area contributed by atoms with Crippen molar-refractivity contribution in [3.63, 3.8) is 0 Å². The topological polar surface area (TPSA) is 77.2 Å². The van der Waals surface area contributed by atoms with E-state index in [4.69, 9.17) is 0 Å². The molecule has 118 valence electrons. The summed E-state index contributed by atoms with van der Waals surface area (Å²) in [5.74, 6) is -0.177. The van der Waals surface area contributed by atoms with E-state index in [0.717, 1.165) is 0 Å². The summed E-state index contributed by atoms with van der Waals surface area (Å²) in [6.45, 7) is 1.81. The normalized spacial score (nSPS) is 15.8. The first kappa shape index (κ1) is 14.9. The van der Waals surface area contributed by atoms with Crippen molar-refractivity contribution in [3.8, 4) is 0 Å². The predicted molar refractivity (Wildman–Crippen MR) is 76.2 cm³/mol. The Labute approximate surface area is 126 Å². The van der Waals surface area contributed by atoms with E-state index in [9.17, 15) is 17.6 Å². The van der Waals surface area contributed by atoms with Crippen molar-refractivity contribution in [2.24, 2.45) is 7.05 Å². The molecule has 0 bridgehead atoms. The molecule has 0 radical (unpaired) electrons. The van der Waals surface area contributed by atoms with Crippen LogP contribution in [0.25, 0.3) is 0 Å². The average molecular weight is 326 g/mol. The minimum atomic E-state index is -3.83. The summed E-state index contributed by atoms with van der Waals surface area (Å²) in [4.78, 5) is 11.7. The van der Waals surface area contributed by atoms with Crippen molar-refractivity contribution in [3.05, 3.63) is 45.9 Å². The Kier molecular flexibility index (Phi) is 3.41. The highest BCUT2D eigenvalue weighted by molar-refractivity contribution is 7.89. The number of rotatable bonds is 2. The van der Waals surface area contributed by atoms with Crippen molar-refractivity contribution in [2.75, 3.05) is 6.54 Å². The Bertz CT molecular complexity index is 900. The van der Waals surface area contributed by atoms with Gasteiger partial charge in [-0.25, -0.2) is 22.3 Å². The van der Waals surface area contributed by atoms with Gasteiger partial charge in [-0.15, -0.1) is 0 Å². The third-order valence-corrected chi connectivity index (χ3v) is 5.80. The van der Waals surface area contributed by atoms with E-state index < -0.39 is 15.8 Å². The number of aromatic nitrogens is 3. The van der Waals surface area contributed by atoms with Gasteiger partial charge in [0.25, 0.3) is 0 Å². The zero-order valence-electron chi connectivity index (χ0n) is 12.2. The Balaban J connectivity index is 2.01. The van der Waals surface area contributed by atoms with Crippen LogP contribution < -0.4 is 5.69 Å². The lowest BCUT2D eigenvalue weighted by atomic mass is 10.2. The first-order valence-corrected chi connectivity index (χ1v) is 8.14. The van der Waals surface area contributed by atoms with Crippen molar-refractivity contribution >= 4 is 10.0 Å². The van der Waals surface area contributed by atoms with Gasteiger partial charge in [0.15, 0.2) is 0 Å². The molecule has 0 saturated heterocycles. The molecule has 0 unspecified atom stereocenters. The molecule has 0 atom stereocenters. The highest BCUT2D eigenvalue weighted by atomic mass is 32.2. The molecule has 0 saturated carbocycles. The van der Waals surface area contributed by atoms with Crippen LogP contribution in [0, 0.1) is 12.7 Å². The molecule has 0 fully saturated rings. The summed E-state index contributed by atoms with van der Waals surface area (Å²) in [6.07, 6.45) is 0. The summed E-state index contributed by atoms with van der Waals surface area (Å²) in [5.41, 5.74) is -0.180. The second-order valence-corrected chi connectivity index (χ2v) is 7.08. The minimum Gasteiger partial charge on any atom is -0.276 e. The zero-order valence-corrected chi connectivity index (χ0v) is 13.0. The van der Waals surface area contributed by atoms with Crippen LogP contribution in [0.15, 0.2) is 27.9 Å². The molecule has 0 spiro atoms. The Morgan fingerprint density at radius 3 is 2.73 bits per heavy atom. The van der Waals surface area contributed by atoms with Crippen LogP contribution in [0.3, 0.4) is 0 Å². The standard InChI is InChI=1S/C13H15FN4O3S/c1-9-10(14)4-3-5-11(9)22(20,21)17-6-7-18-12(8-17)15-16(2)13(18)19/h3-5H,6-8H2,1-2H3. The number of hydrogen-bond acceptors (Lipinski definition) is 4. The van der Waals surface area contributed by atoms with Gasteiger partial charge in [0.2, 0.25) is 10.0 Å². The van der Waals surface area contributed by atoms with Crippen LogP contribution >= 0.6 is 0 Å². The molecule has 9 heteroatoms. The molecule has 2 heterocycles. The lowest BCUT2D eigenvalue weighted by Gasteiger charge is -2.26. The summed E-state index contributed by atoms with van der Waals surface area (Å²) in [6, 6.07) is 3.98. The monoisotopic (exact) mass is 326 g/mol. The molecule has 1 aliphatic rings. The molecule has 7 nitrogen and oxygen atoms in total. The molecular weight excluding hydrogens is 311 g/mol. The van der Waals surface area contributed by atoms with Gasteiger partial charge in [-0.05, 0) is 19.1 Å². The average Bonchev–Trinajstić information content (AvgIpc) is 2.76. The van der Waals surface area contributed by atoms with Crippen LogP contribution in [0.1, 0.15) is 11.4 Å². The highest BCUT2D eigenvalue weighted by Gasteiger charge is 2.32. The molecular formula is C13H15FN4O3S. The highest BCUT2D eigenvalue weighted by Crippen LogP contribution is 2.24. The van der Waals surface area contributed by atoms with Gasteiger partial charge in [-0.2, -0.15) is 9.40 Å². The number of hydrogen-bond donors (Lipinski definition) is 0. The van der Waals surface area contributed by atoms with E-state index in [2.05, 4.69) is 5.10 Å². The maximum atomic E-state index is 13.6. The number of nitrogens with zero attached hydrogens (tertiary/aromatic N) is 4. The van der Waals surface area contributed by atoms with E-state index in [1.165, 1.54) is 45.7 Å². The SMILES string of the molecule is Cc1c(F)cccc1S(=O)(=O)N1CCn2c(nn(C)c2=O)C1. The van der Waals surface area contributed by atoms with Gasteiger partial charge >= 0.3 is 5.69 Å².